The van der Waals surface area contributed by atoms with Crippen molar-refractivity contribution in [1.82, 2.24) is 19.9 Å². The topological polar surface area (TPSA) is 95.5 Å². The van der Waals surface area contributed by atoms with Crippen LogP contribution in [0, 0.1) is 13.8 Å². The molecule has 0 aliphatic carbocycles. The Hall–Kier alpha value is -2.06. The van der Waals surface area contributed by atoms with Crippen molar-refractivity contribution in [2.75, 3.05) is 54.9 Å². The SMILES string of the molecule is Cc1nc(Nc2ncc(C(=O)Nc3c(C)cccc3Cl)s2)cc(N2CCN(CCOI)CC2)n1. The highest BCUT2D eigenvalue weighted by atomic mass is 127. The molecule has 12 heteroatoms. The fourth-order valence-corrected chi connectivity index (χ4v) is 4.84. The van der Waals surface area contributed by atoms with E-state index >= 15 is 0 Å². The highest BCUT2D eigenvalue weighted by Crippen LogP contribution is 2.28. The van der Waals surface area contributed by atoms with Gasteiger partial charge in [0.15, 0.2) is 5.13 Å². The van der Waals surface area contributed by atoms with Crippen molar-refractivity contribution in [3.63, 3.8) is 0 Å². The molecule has 34 heavy (non-hydrogen) atoms. The van der Waals surface area contributed by atoms with Gasteiger partial charge >= 0.3 is 0 Å². The molecule has 1 fully saturated rings. The van der Waals surface area contributed by atoms with Gasteiger partial charge in [0.05, 0.1) is 23.5 Å². The second kappa shape index (κ2) is 11.6. The van der Waals surface area contributed by atoms with Crippen LogP contribution < -0.4 is 15.5 Å². The highest BCUT2D eigenvalue weighted by Gasteiger charge is 2.19. The fourth-order valence-electron chi connectivity index (χ4n) is 3.65. The zero-order chi connectivity index (χ0) is 24.1. The number of hydrogen-bond donors (Lipinski definition) is 2. The number of aryl methyl sites for hydroxylation is 2. The number of carbonyl (C=O) groups excluding carboxylic acids is 1. The highest BCUT2D eigenvalue weighted by molar-refractivity contribution is 14.1. The molecule has 2 N–H and O–H groups in total. The second-order valence-corrected chi connectivity index (χ2v) is 9.90. The van der Waals surface area contributed by atoms with E-state index in [1.165, 1.54) is 11.3 Å². The van der Waals surface area contributed by atoms with Gasteiger partial charge in [-0.05, 0) is 25.5 Å². The summed E-state index contributed by atoms with van der Waals surface area (Å²) in [4.78, 5) is 31.3. The van der Waals surface area contributed by atoms with Crippen molar-refractivity contribution in [2.24, 2.45) is 0 Å². The van der Waals surface area contributed by atoms with Crippen LogP contribution >= 0.6 is 45.9 Å². The Morgan fingerprint density at radius 2 is 2.03 bits per heavy atom. The zero-order valence-electron chi connectivity index (χ0n) is 18.8. The predicted molar refractivity (Wildman–Crippen MR) is 145 cm³/mol. The van der Waals surface area contributed by atoms with Gasteiger partial charge in [-0.1, -0.05) is 35.1 Å². The molecule has 3 heterocycles. The van der Waals surface area contributed by atoms with Crippen LogP contribution in [0.4, 0.5) is 22.5 Å². The Morgan fingerprint density at radius 1 is 1.24 bits per heavy atom. The van der Waals surface area contributed by atoms with Crippen molar-refractivity contribution in [1.29, 1.82) is 0 Å². The molecular formula is C22H25ClIN7O2S. The molecule has 2 aromatic heterocycles. The molecule has 0 atom stereocenters. The van der Waals surface area contributed by atoms with Gasteiger partial charge in [-0.25, -0.2) is 15.0 Å². The van der Waals surface area contributed by atoms with E-state index in [4.69, 9.17) is 14.7 Å². The lowest BCUT2D eigenvalue weighted by Gasteiger charge is -2.35. The van der Waals surface area contributed by atoms with E-state index in [2.05, 4.69) is 35.4 Å². The van der Waals surface area contributed by atoms with Gasteiger partial charge < -0.3 is 18.6 Å². The van der Waals surface area contributed by atoms with E-state index in [1.807, 2.05) is 55.1 Å². The Morgan fingerprint density at radius 3 is 2.76 bits per heavy atom. The molecule has 1 aromatic carbocycles. The van der Waals surface area contributed by atoms with Crippen LogP contribution in [0.2, 0.25) is 5.02 Å². The second-order valence-electron chi connectivity index (χ2n) is 7.84. The number of amides is 1. The number of aromatic nitrogens is 3. The van der Waals surface area contributed by atoms with Gasteiger partial charge in [-0.15, -0.1) is 0 Å². The van der Waals surface area contributed by atoms with Crippen molar-refractivity contribution in [3.8, 4) is 0 Å². The first-order valence-electron chi connectivity index (χ1n) is 10.8. The van der Waals surface area contributed by atoms with Crippen molar-refractivity contribution < 1.29 is 7.86 Å². The standard InChI is InChI=1S/C22H25ClIN7O2S/c1-14-4-3-5-16(23)20(14)29-21(32)17-13-25-22(34-17)28-18-12-19(27-15(2)26-18)31-8-6-30(7-9-31)10-11-33-24/h3-5,12-13H,6-11H2,1-2H3,(H,29,32)(H,25,26,27,28). The van der Waals surface area contributed by atoms with Gasteiger partial charge in [-0.2, -0.15) is 0 Å². The number of carbonyl (C=O) groups is 1. The number of halogens is 2. The molecule has 1 saturated heterocycles. The average molecular weight is 614 g/mol. The van der Waals surface area contributed by atoms with E-state index < -0.39 is 0 Å². The summed E-state index contributed by atoms with van der Waals surface area (Å²) in [6.45, 7) is 9.13. The molecular weight excluding hydrogens is 589 g/mol. The van der Waals surface area contributed by atoms with Gasteiger partial charge in [0.1, 0.15) is 45.3 Å². The number of benzene rings is 1. The maximum absolute atomic E-state index is 12.7. The third kappa shape index (κ3) is 6.33. The van der Waals surface area contributed by atoms with E-state index in [1.54, 1.807) is 12.3 Å². The maximum Gasteiger partial charge on any atom is 0.267 e. The Bertz CT molecular complexity index is 1130. The van der Waals surface area contributed by atoms with Crippen LogP contribution in [-0.4, -0.2) is 65.1 Å². The summed E-state index contributed by atoms with van der Waals surface area (Å²) in [5.41, 5.74) is 1.50. The molecule has 4 rings (SSSR count). The van der Waals surface area contributed by atoms with Crippen molar-refractivity contribution in [3.05, 3.63) is 51.7 Å². The summed E-state index contributed by atoms with van der Waals surface area (Å²) >= 11 is 9.42. The molecule has 1 amide bonds. The lowest BCUT2D eigenvalue weighted by Crippen LogP contribution is -2.47. The van der Waals surface area contributed by atoms with Crippen LogP contribution in [0.1, 0.15) is 21.1 Å². The van der Waals surface area contributed by atoms with Crippen LogP contribution in [0.3, 0.4) is 0 Å². The van der Waals surface area contributed by atoms with E-state index in [0.717, 1.165) is 50.7 Å². The Labute approximate surface area is 221 Å². The number of anilines is 4. The molecule has 180 valence electrons. The average Bonchev–Trinajstić information content (AvgIpc) is 3.28. The van der Waals surface area contributed by atoms with Crippen molar-refractivity contribution >= 4 is 74.3 Å². The number of nitrogens with one attached hydrogen (secondary N) is 2. The largest absolute Gasteiger partial charge is 0.354 e. The third-order valence-electron chi connectivity index (χ3n) is 5.43. The number of hydrogen-bond acceptors (Lipinski definition) is 9. The van der Waals surface area contributed by atoms with Gasteiger partial charge in [0, 0.05) is 38.8 Å². The lowest BCUT2D eigenvalue weighted by molar-refractivity contribution is 0.103. The van der Waals surface area contributed by atoms with Crippen LogP contribution in [-0.2, 0) is 3.07 Å². The van der Waals surface area contributed by atoms with E-state index in [-0.39, 0.29) is 5.91 Å². The van der Waals surface area contributed by atoms with Crippen molar-refractivity contribution in [2.45, 2.75) is 13.8 Å². The summed E-state index contributed by atoms with van der Waals surface area (Å²) in [5, 5.41) is 7.17. The van der Waals surface area contributed by atoms with Gasteiger partial charge in [-0.3, -0.25) is 9.69 Å². The summed E-state index contributed by atoms with van der Waals surface area (Å²) in [7, 11) is 0. The normalized spacial score (nSPS) is 14.3. The molecule has 3 aromatic rings. The molecule has 0 saturated carbocycles. The minimum atomic E-state index is -0.257. The Kier molecular flexibility index (Phi) is 8.53. The lowest BCUT2D eigenvalue weighted by atomic mass is 10.2. The van der Waals surface area contributed by atoms with E-state index in [9.17, 15) is 4.79 Å². The van der Waals surface area contributed by atoms with Crippen LogP contribution in [0.25, 0.3) is 0 Å². The smallest absolute Gasteiger partial charge is 0.267 e. The molecule has 1 aliphatic rings. The monoisotopic (exact) mass is 613 g/mol. The summed E-state index contributed by atoms with van der Waals surface area (Å²) < 4.78 is 5.15. The van der Waals surface area contributed by atoms with Gasteiger partial charge in [0.25, 0.3) is 5.91 Å². The number of thiazole rings is 1. The molecule has 1 aliphatic heterocycles. The molecule has 0 radical (unpaired) electrons. The van der Waals surface area contributed by atoms with Crippen LogP contribution in [0.5, 0.6) is 0 Å². The first kappa shape index (κ1) is 25.0. The quantitative estimate of drug-likeness (QED) is 0.354. The minimum absolute atomic E-state index is 0.257. The Balaban J connectivity index is 1.41. The van der Waals surface area contributed by atoms with E-state index in [0.29, 0.717) is 32.4 Å². The fraction of sp³-hybridized carbons (Fsp3) is 0.364. The molecule has 0 spiro atoms. The number of rotatable bonds is 8. The molecule has 9 nitrogen and oxygen atoms in total. The third-order valence-corrected chi connectivity index (χ3v) is 7.10. The molecule has 0 bridgehead atoms. The first-order valence-corrected chi connectivity index (χ1v) is 12.9. The zero-order valence-corrected chi connectivity index (χ0v) is 22.6. The number of piperazine rings is 1. The summed E-state index contributed by atoms with van der Waals surface area (Å²) in [5.74, 6) is 1.94. The maximum atomic E-state index is 12.7. The summed E-state index contributed by atoms with van der Waals surface area (Å²) in [6, 6.07) is 7.42. The number of para-hydroxylation sites is 1. The van der Waals surface area contributed by atoms with Crippen LogP contribution in [0.15, 0.2) is 30.5 Å². The predicted octanol–water partition coefficient (Wildman–Crippen LogP) is 4.69. The molecule has 0 unspecified atom stereocenters. The van der Waals surface area contributed by atoms with Gasteiger partial charge in [0.2, 0.25) is 0 Å². The number of nitrogens with zero attached hydrogens (tertiary/aromatic N) is 5. The summed E-state index contributed by atoms with van der Waals surface area (Å²) in [6.07, 6.45) is 1.54. The first-order chi connectivity index (χ1) is 16.4. The minimum Gasteiger partial charge on any atom is -0.354 e.